The number of esters is 1. The fraction of sp³-hybridized carbons (Fsp3) is 0.345. The highest BCUT2D eigenvalue weighted by atomic mass is 32.2. The lowest BCUT2D eigenvalue weighted by atomic mass is 9.93. The number of nitrogens with one attached hydrogen (secondary N) is 1. The van der Waals surface area contributed by atoms with Crippen molar-refractivity contribution in [3.8, 4) is 5.75 Å². The number of amidine groups is 1. The van der Waals surface area contributed by atoms with Gasteiger partial charge in [0, 0.05) is 12.2 Å². The number of aliphatic imine (C=N–C) groups is 1. The van der Waals surface area contributed by atoms with Gasteiger partial charge in [0.1, 0.15) is 12.4 Å². The number of ether oxygens (including phenoxy) is 2. The third-order valence-corrected chi connectivity index (χ3v) is 7.43. The van der Waals surface area contributed by atoms with Crippen molar-refractivity contribution in [2.45, 2.75) is 45.8 Å². The highest BCUT2D eigenvalue weighted by Gasteiger charge is 2.41. The van der Waals surface area contributed by atoms with Crippen molar-refractivity contribution in [1.82, 2.24) is 10.2 Å². The molecule has 2 aromatic carbocycles. The van der Waals surface area contributed by atoms with Gasteiger partial charge >= 0.3 is 5.97 Å². The number of carbonyl (C=O) groups is 2. The van der Waals surface area contributed by atoms with E-state index in [0.717, 1.165) is 28.5 Å². The first-order chi connectivity index (χ1) is 18.0. The van der Waals surface area contributed by atoms with Crippen LogP contribution in [0.5, 0.6) is 5.75 Å². The van der Waals surface area contributed by atoms with Crippen LogP contribution in [0, 0.1) is 5.92 Å². The second-order valence-electron chi connectivity index (χ2n) is 9.38. The lowest BCUT2D eigenvalue weighted by Crippen LogP contribution is -2.38. The second kappa shape index (κ2) is 11.3. The van der Waals surface area contributed by atoms with E-state index >= 15 is 0 Å². The normalized spacial score (nSPS) is 18.6. The molecule has 2 heterocycles. The van der Waals surface area contributed by atoms with Crippen LogP contribution in [0.15, 0.2) is 82.0 Å². The monoisotopic (exact) mass is 517 g/mol. The third-order valence-electron chi connectivity index (χ3n) is 6.54. The molecule has 1 saturated carbocycles. The molecule has 0 spiro atoms. The molecule has 1 fully saturated rings. The minimum Gasteiger partial charge on any atom is -0.489 e. The fourth-order valence-electron chi connectivity index (χ4n) is 4.48. The minimum atomic E-state index is -0.482. The number of amides is 1. The van der Waals surface area contributed by atoms with Gasteiger partial charge in [-0.3, -0.25) is 4.79 Å². The van der Waals surface area contributed by atoms with Crippen LogP contribution in [0.3, 0.4) is 0 Å². The standard InChI is InChI=1S/C29H31N3O4S/c1-3-35-28(34)26-19(2)31-29-32(23(18-37-29)15-25(33)30-16-20-12-13-20)27(26)22-10-7-11-24(14-22)36-17-21-8-5-4-6-9-21/h4-11,14,18,20,27H,3,12-13,15-17H2,1-2H3,(H,30,33)/t27-/m1/s1. The van der Waals surface area contributed by atoms with Gasteiger partial charge in [0.25, 0.3) is 0 Å². The average Bonchev–Trinajstić information content (AvgIpc) is 3.66. The smallest absolute Gasteiger partial charge is 0.338 e. The lowest BCUT2D eigenvalue weighted by Gasteiger charge is -2.36. The summed E-state index contributed by atoms with van der Waals surface area (Å²) in [5.74, 6) is 0.877. The van der Waals surface area contributed by atoms with E-state index < -0.39 is 12.0 Å². The highest BCUT2D eigenvalue weighted by molar-refractivity contribution is 8.16. The topological polar surface area (TPSA) is 80.2 Å². The summed E-state index contributed by atoms with van der Waals surface area (Å²) < 4.78 is 11.5. The van der Waals surface area contributed by atoms with E-state index in [2.05, 4.69) is 5.32 Å². The third kappa shape index (κ3) is 5.91. The molecule has 8 heteroatoms. The first-order valence-electron chi connectivity index (χ1n) is 12.7. The van der Waals surface area contributed by atoms with Crippen molar-refractivity contribution in [3.63, 3.8) is 0 Å². The minimum absolute atomic E-state index is 0.0253. The molecule has 1 atom stereocenters. The predicted octanol–water partition coefficient (Wildman–Crippen LogP) is 5.32. The summed E-state index contributed by atoms with van der Waals surface area (Å²) >= 11 is 1.47. The first-order valence-corrected chi connectivity index (χ1v) is 13.6. The van der Waals surface area contributed by atoms with E-state index in [0.29, 0.717) is 29.5 Å². The summed E-state index contributed by atoms with van der Waals surface area (Å²) in [6.07, 6.45) is 2.58. The molecule has 2 aromatic rings. The first kappa shape index (κ1) is 25.1. The largest absolute Gasteiger partial charge is 0.489 e. The number of nitrogens with zero attached hydrogens (tertiary/aromatic N) is 2. The fourth-order valence-corrected chi connectivity index (χ4v) is 5.44. The molecule has 2 aliphatic heterocycles. The summed E-state index contributed by atoms with van der Waals surface area (Å²) in [5.41, 5.74) is 3.84. The summed E-state index contributed by atoms with van der Waals surface area (Å²) in [6.45, 7) is 5.05. The van der Waals surface area contributed by atoms with Crippen LogP contribution in [0.4, 0.5) is 0 Å². The van der Waals surface area contributed by atoms with Crippen molar-refractivity contribution in [2.75, 3.05) is 13.2 Å². The number of carbonyl (C=O) groups excluding carboxylic acids is 2. The van der Waals surface area contributed by atoms with E-state index in [1.54, 1.807) is 6.92 Å². The van der Waals surface area contributed by atoms with Crippen molar-refractivity contribution in [3.05, 3.63) is 88.1 Å². The van der Waals surface area contributed by atoms with E-state index in [1.807, 2.05) is 71.8 Å². The zero-order valence-corrected chi connectivity index (χ0v) is 21.9. The summed E-state index contributed by atoms with van der Waals surface area (Å²) in [6, 6.07) is 17.3. The van der Waals surface area contributed by atoms with Crippen LogP contribution in [-0.4, -0.2) is 35.1 Å². The predicted molar refractivity (Wildman–Crippen MR) is 145 cm³/mol. The number of rotatable bonds is 10. The number of hydrogen-bond acceptors (Lipinski definition) is 7. The Labute approximate surface area is 221 Å². The summed E-state index contributed by atoms with van der Waals surface area (Å²) in [4.78, 5) is 32.6. The Morgan fingerprint density at radius 1 is 1.14 bits per heavy atom. The van der Waals surface area contributed by atoms with Gasteiger partial charge in [0.2, 0.25) is 5.91 Å². The Bertz CT molecular complexity index is 1270. The molecule has 7 nitrogen and oxygen atoms in total. The Morgan fingerprint density at radius 2 is 1.95 bits per heavy atom. The van der Waals surface area contributed by atoms with Gasteiger partial charge < -0.3 is 19.7 Å². The van der Waals surface area contributed by atoms with Gasteiger partial charge in [-0.1, -0.05) is 54.2 Å². The molecule has 0 aromatic heterocycles. The zero-order valence-electron chi connectivity index (χ0n) is 21.1. The molecule has 0 unspecified atom stereocenters. The van der Waals surface area contributed by atoms with E-state index in [-0.39, 0.29) is 18.9 Å². The maximum Gasteiger partial charge on any atom is 0.338 e. The van der Waals surface area contributed by atoms with E-state index in [1.165, 1.54) is 24.6 Å². The van der Waals surface area contributed by atoms with Crippen LogP contribution in [-0.2, 0) is 20.9 Å². The Morgan fingerprint density at radius 3 is 2.70 bits per heavy atom. The molecule has 0 bridgehead atoms. The Hall–Kier alpha value is -3.52. The molecule has 3 aliphatic rings. The van der Waals surface area contributed by atoms with Crippen molar-refractivity contribution >= 4 is 28.8 Å². The molecule has 37 heavy (non-hydrogen) atoms. The van der Waals surface area contributed by atoms with Gasteiger partial charge in [-0.05, 0) is 61.3 Å². The van der Waals surface area contributed by atoms with Crippen LogP contribution in [0.1, 0.15) is 50.3 Å². The summed E-state index contributed by atoms with van der Waals surface area (Å²) in [7, 11) is 0. The van der Waals surface area contributed by atoms with Crippen LogP contribution < -0.4 is 10.1 Å². The molecule has 1 N–H and O–H groups in total. The van der Waals surface area contributed by atoms with Gasteiger partial charge in [-0.25, -0.2) is 9.79 Å². The molecule has 0 saturated heterocycles. The lowest BCUT2D eigenvalue weighted by molar-refractivity contribution is -0.139. The van der Waals surface area contributed by atoms with Gasteiger partial charge in [0.05, 0.1) is 30.3 Å². The molecule has 1 amide bonds. The van der Waals surface area contributed by atoms with Gasteiger partial charge in [0.15, 0.2) is 5.17 Å². The molecular weight excluding hydrogens is 486 g/mol. The SMILES string of the molecule is CCOC(=O)C1=C(C)N=C2SC=C(CC(=O)NCC3CC3)N2[C@@H]1c1cccc(OCc2ccccc2)c1. The van der Waals surface area contributed by atoms with Gasteiger partial charge in [-0.2, -0.15) is 0 Å². The van der Waals surface area contributed by atoms with Gasteiger partial charge in [-0.15, -0.1) is 0 Å². The highest BCUT2D eigenvalue weighted by Crippen LogP contribution is 2.45. The van der Waals surface area contributed by atoms with E-state index in [9.17, 15) is 9.59 Å². The molecular formula is C29H31N3O4S. The van der Waals surface area contributed by atoms with Crippen molar-refractivity contribution in [1.29, 1.82) is 0 Å². The molecule has 5 rings (SSSR count). The van der Waals surface area contributed by atoms with Crippen molar-refractivity contribution < 1.29 is 19.1 Å². The van der Waals surface area contributed by atoms with Crippen LogP contribution in [0.2, 0.25) is 0 Å². The molecule has 0 radical (unpaired) electrons. The molecule has 192 valence electrons. The number of thioether (sulfide) groups is 1. The Kier molecular flexibility index (Phi) is 7.65. The Balaban J connectivity index is 1.43. The quantitative estimate of drug-likeness (QED) is 0.430. The second-order valence-corrected chi connectivity index (χ2v) is 10.2. The maximum atomic E-state index is 13.2. The van der Waals surface area contributed by atoms with E-state index in [4.69, 9.17) is 14.5 Å². The number of hydrogen-bond donors (Lipinski definition) is 1. The average molecular weight is 518 g/mol. The zero-order chi connectivity index (χ0) is 25.8. The number of fused-ring (bicyclic) bond motifs is 1. The number of allylic oxidation sites excluding steroid dienone is 1. The number of benzene rings is 2. The van der Waals surface area contributed by atoms with Crippen LogP contribution in [0.25, 0.3) is 0 Å². The molecule has 1 aliphatic carbocycles. The van der Waals surface area contributed by atoms with Crippen molar-refractivity contribution in [2.24, 2.45) is 10.9 Å². The summed E-state index contributed by atoms with van der Waals surface area (Å²) in [5, 5.41) is 5.75. The maximum absolute atomic E-state index is 13.2. The van der Waals surface area contributed by atoms with Crippen LogP contribution >= 0.6 is 11.8 Å².